The molecule has 0 amide bonds. The number of carboxylic acid groups (broad SMARTS) is 1. The summed E-state index contributed by atoms with van der Waals surface area (Å²) in [6.07, 6.45) is 0. The van der Waals surface area contributed by atoms with Crippen LogP contribution < -0.4 is 0 Å². The first-order valence-electron chi connectivity index (χ1n) is 4.97. The van der Waals surface area contributed by atoms with Crippen molar-refractivity contribution in [2.75, 3.05) is 5.75 Å². The molecule has 9 nitrogen and oxygen atoms in total. The zero-order valence-electron chi connectivity index (χ0n) is 9.64. The summed E-state index contributed by atoms with van der Waals surface area (Å²) in [5, 5.41) is 23.5. The molecule has 2 aromatic rings. The molecule has 0 saturated heterocycles. The molecule has 0 bridgehead atoms. The van der Waals surface area contributed by atoms with Crippen molar-refractivity contribution >= 4 is 23.6 Å². The Balaban J connectivity index is 2.23. The minimum atomic E-state index is -0.969. The molecule has 0 saturated carbocycles. The van der Waals surface area contributed by atoms with Crippen LogP contribution >= 0.6 is 11.8 Å². The molecule has 0 radical (unpaired) electrons. The lowest BCUT2D eigenvalue weighted by molar-refractivity contribution is -0.401. The maximum Gasteiger partial charge on any atom is 0.433 e. The lowest BCUT2D eigenvalue weighted by atomic mass is 10.4. The van der Waals surface area contributed by atoms with Crippen LogP contribution in [0.2, 0.25) is 0 Å². The van der Waals surface area contributed by atoms with E-state index in [0.29, 0.717) is 5.16 Å². The second kappa shape index (κ2) is 5.10. The van der Waals surface area contributed by atoms with Gasteiger partial charge in [0.15, 0.2) is 10.9 Å². The van der Waals surface area contributed by atoms with Gasteiger partial charge in [0.05, 0.1) is 11.8 Å². The van der Waals surface area contributed by atoms with Crippen molar-refractivity contribution < 1.29 is 19.2 Å². The van der Waals surface area contributed by atoms with Gasteiger partial charge in [0.1, 0.15) is 4.92 Å². The van der Waals surface area contributed by atoms with Crippen LogP contribution in [0.25, 0.3) is 11.6 Å². The summed E-state index contributed by atoms with van der Waals surface area (Å²) in [4.78, 5) is 24.4. The van der Waals surface area contributed by atoms with E-state index in [9.17, 15) is 14.9 Å². The number of thioether (sulfide) groups is 1. The molecule has 100 valence electrons. The number of furan rings is 1. The van der Waals surface area contributed by atoms with Crippen molar-refractivity contribution in [2.45, 2.75) is 5.16 Å². The molecule has 19 heavy (non-hydrogen) atoms. The first-order valence-corrected chi connectivity index (χ1v) is 5.96. The molecule has 2 rings (SSSR count). The van der Waals surface area contributed by atoms with Crippen molar-refractivity contribution in [2.24, 2.45) is 7.05 Å². The highest BCUT2D eigenvalue weighted by Crippen LogP contribution is 2.25. The standard InChI is InChI=1S/C9H8N4O5S/c1-12-9(19-4-7(14)15)10-8(11-12)5-2-3-6(18-5)13(16)17/h2-3H,4H2,1H3,(H,14,15). The van der Waals surface area contributed by atoms with Gasteiger partial charge in [-0.3, -0.25) is 14.9 Å². The normalized spacial score (nSPS) is 10.6. The third-order valence-electron chi connectivity index (χ3n) is 2.04. The fourth-order valence-electron chi connectivity index (χ4n) is 1.27. The van der Waals surface area contributed by atoms with Crippen LogP contribution in [0.4, 0.5) is 5.88 Å². The largest absolute Gasteiger partial charge is 0.481 e. The number of aromatic nitrogens is 3. The molecule has 1 N–H and O–H groups in total. The van der Waals surface area contributed by atoms with Crippen molar-refractivity contribution in [3.8, 4) is 11.6 Å². The highest BCUT2D eigenvalue weighted by molar-refractivity contribution is 7.99. The number of aliphatic carboxylic acids is 1. The van der Waals surface area contributed by atoms with E-state index in [-0.39, 0.29) is 17.3 Å². The van der Waals surface area contributed by atoms with E-state index in [1.165, 1.54) is 16.8 Å². The van der Waals surface area contributed by atoms with E-state index in [2.05, 4.69) is 10.1 Å². The molecule has 0 unspecified atom stereocenters. The van der Waals surface area contributed by atoms with E-state index < -0.39 is 16.8 Å². The van der Waals surface area contributed by atoms with Gasteiger partial charge in [-0.15, -0.1) is 5.10 Å². The summed E-state index contributed by atoms with van der Waals surface area (Å²) < 4.78 is 6.35. The van der Waals surface area contributed by atoms with Crippen LogP contribution in [0.3, 0.4) is 0 Å². The zero-order valence-corrected chi connectivity index (χ0v) is 10.5. The predicted molar refractivity (Wildman–Crippen MR) is 63.7 cm³/mol. The van der Waals surface area contributed by atoms with Crippen molar-refractivity contribution in [3.05, 3.63) is 22.2 Å². The first-order chi connectivity index (χ1) is 8.97. The Labute approximate surface area is 110 Å². The number of nitrogens with zero attached hydrogens (tertiary/aromatic N) is 4. The molecule has 10 heteroatoms. The minimum Gasteiger partial charge on any atom is -0.481 e. The average molecular weight is 284 g/mol. The molecular formula is C9H8N4O5S. The molecule has 0 aliphatic heterocycles. The number of carboxylic acids is 1. The Morgan fingerprint density at radius 3 is 2.95 bits per heavy atom. The lowest BCUT2D eigenvalue weighted by Gasteiger charge is -1.94. The Bertz CT molecular complexity index is 634. The van der Waals surface area contributed by atoms with Gasteiger partial charge >= 0.3 is 11.9 Å². The van der Waals surface area contributed by atoms with Gasteiger partial charge in [0.2, 0.25) is 5.82 Å². The summed E-state index contributed by atoms with van der Waals surface area (Å²) in [6, 6.07) is 2.59. The van der Waals surface area contributed by atoms with E-state index in [0.717, 1.165) is 11.8 Å². The second-order valence-electron chi connectivity index (χ2n) is 3.42. The Morgan fingerprint density at radius 2 is 2.37 bits per heavy atom. The molecule has 0 spiro atoms. The summed E-state index contributed by atoms with van der Waals surface area (Å²) in [5.74, 6) is -1.19. The fraction of sp³-hybridized carbons (Fsp3) is 0.222. The van der Waals surface area contributed by atoms with Gasteiger partial charge in [0.25, 0.3) is 0 Å². The minimum absolute atomic E-state index is 0.149. The molecule has 0 aliphatic carbocycles. The topological polar surface area (TPSA) is 124 Å². The van der Waals surface area contributed by atoms with Gasteiger partial charge in [-0.25, -0.2) is 4.68 Å². The molecule has 2 heterocycles. The van der Waals surface area contributed by atoms with Crippen molar-refractivity contribution in [1.29, 1.82) is 0 Å². The van der Waals surface area contributed by atoms with E-state index >= 15 is 0 Å². The maximum atomic E-state index is 10.5. The number of carbonyl (C=O) groups is 1. The van der Waals surface area contributed by atoms with E-state index in [1.807, 2.05) is 0 Å². The maximum absolute atomic E-state index is 10.5. The third kappa shape index (κ3) is 2.91. The first kappa shape index (κ1) is 13.1. The summed E-state index contributed by atoms with van der Waals surface area (Å²) >= 11 is 0.998. The van der Waals surface area contributed by atoms with Crippen LogP contribution in [0, 0.1) is 10.1 Å². The third-order valence-corrected chi connectivity index (χ3v) is 3.04. The summed E-state index contributed by atoms with van der Waals surface area (Å²) in [5.41, 5.74) is 0. The molecule has 0 aromatic carbocycles. The van der Waals surface area contributed by atoms with Gasteiger partial charge in [-0.1, -0.05) is 11.8 Å². The number of hydrogen-bond acceptors (Lipinski definition) is 7. The van der Waals surface area contributed by atoms with E-state index in [1.54, 1.807) is 7.05 Å². The molecule has 2 aromatic heterocycles. The van der Waals surface area contributed by atoms with Crippen molar-refractivity contribution in [3.63, 3.8) is 0 Å². The Hall–Kier alpha value is -2.36. The smallest absolute Gasteiger partial charge is 0.433 e. The Morgan fingerprint density at radius 1 is 1.63 bits per heavy atom. The van der Waals surface area contributed by atoms with Crippen LogP contribution in [0.1, 0.15) is 0 Å². The highest BCUT2D eigenvalue weighted by atomic mass is 32.2. The summed E-state index contributed by atoms with van der Waals surface area (Å²) in [7, 11) is 1.60. The van der Waals surface area contributed by atoms with E-state index in [4.69, 9.17) is 9.52 Å². The predicted octanol–water partition coefficient (Wildman–Crippen LogP) is 1.16. The number of hydrogen-bond donors (Lipinski definition) is 1. The van der Waals surface area contributed by atoms with Gasteiger partial charge < -0.3 is 9.52 Å². The number of nitro groups is 1. The number of aryl methyl sites for hydroxylation is 1. The molecule has 0 fully saturated rings. The Kier molecular flexibility index (Phi) is 3.51. The van der Waals surface area contributed by atoms with Gasteiger partial charge in [-0.2, -0.15) is 4.98 Å². The summed E-state index contributed by atoms with van der Waals surface area (Å²) in [6.45, 7) is 0. The molecule has 0 atom stereocenters. The highest BCUT2D eigenvalue weighted by Gasteiger charge is 2.18. The fourth-order valence-corrected chi connectivity index (χ4v) is 1.90. The average Bonchev–Trinajstić information content (AvgIpc) is 2.92. The van der Waals surface area contributed by atoms with Crippen LogP contribution in [-0.2, 0) is 11.8 Å². The van der Waals surface area contributed by atoms with Crippen molar-refractivity contribution in [1.82, 2.24) is 14.8 Å². The van der Waals surface area contributed by atoms with Crippen LogP contribution in [0.5, 0.6) is 0 Å². The molecule has 0 aliphatic rings. The van der Waals surface area contributed by atoms with Gasteiger partial charge in [0, 0.05) is 7.05 Å². The van der Waals surface area contributed by atoms with Crippen LogP contribution in [0.15, 0.2) is 21.7 Å². The SMILES string of the molecule is Cn1nc(-c2ccc([N+](=O)[O-])o2)nc1SCC(=O)O. The second-order valence-corrected chi connectivity index (χ2v) is 4.36. The number of rotatable bonds is 5. The van der Waals surface area contributed by atoms with Gasteiger partial charge in [-0.05, 0) is 6.07 Å². The lowest BCUT2D eigenvalue weighted by Crippen LogP contribution is -2.00. The molecular weight excluding hydrogens is 276 g/mol. The monoisotopic (exact) mass is 284 g/mol. The van der Waals surface area contributed by atoms with Crippen LogP contribution in [-0.4, -0.2) is 36.5 Å². The quantitative estimate of drug-likeness (QED) is 0.492. The zero-order chi connectivity index (χ0) is 14.0.